The van der Waals surface area contributed by atoms with E-state index in [1.54, 1.807) is 0 Å². The third-order valence-corrected chi connectivity index (χ3v) is 2.73. The standard InChI is InChI=1S/C9H18N2.2ClH/c1-2-8(1)7-11-9-3-5-10-6-4-9;;/h8-11H,1-7H2;2*1H. The van der Waals surface area contributed by atoms with E-state index in [0.29, 0.717) is 0 Å². The predicted molar refractivity (Wildman–Crippen MR) is 61.1 cm³/mol. The molecule has 1 aliphatic carbocycles. The number of halogens is 2. The van der Waals surface area contributed by atoms with Crippen LogP contribution < -0.4 is 10.6 Å². The Kier molecular flexibility index (Phi) is 7.15. The summed E-state index contributed by atoms with van der Waals surface area (Å²) < 4.78 is 0. The number of hydrogen-bond acceptors (Lipinski definition) is 2. The molecule has 1 saturated heterocycles. The molecule has 2 rings (SSSR count). The summed E-state index contributed by atoms with van der Waals surface area (Å²) in [5.74, 6) is 1.03. The second kappa shape index (κ2) is 6.88. The van der Waals surface area contributed by atoms with E-state index >= 15 is 0 Å². The molecule has 0 radical (unpaired) electrons. The van der Waals surface area contributed by atoms with Crippen molar-refractivity contribution in [1.29, 1.82) is 0 Å². The van der Waals surface area contributed by atoms with Crippen molar-refractivity contribution in [2.24, 2.45) is 5.92 Å². The average Bonchev–Trinajstić information content (AvgIpc) is 2.86. The lowest BCUT2D eigenvalue weighted by Gasteiger charge is -2.23. The van der Waals surface area contributed by atoms with Crippen molar-refractivity contribution < 1.29 is 0 Å². The summed E-state index contributed by atoms with van der Waals surface area (Å²) in [7, 11) is 0. The van der Waals surface area contributed by atoms with Gasteiger partial charge in [-0.15, -0.1) is 24.8 Å². The molecule has 0 unspecified atom stereocenters. The van der Waals surface area contributed by atoms with Gasteiger partial charge < -0.3 is 10.6 Å². The lowest BCUT2D eigenvalue weighted by molar-refractivity contribution is 0.383. The van der Waals surface area contributed by atoms with Gasteiger partial charge in [0.15, 0.2) is 0 Å². The van der Waals surface area contributed by atoms with Crippen LogP contribution in [0, 0.1) is 5.92 Å². The van der Waals surface area contributed by atoms with Crippen molar-refractivity contribution in [3.05, 3.63) is 0 Å². The van der Waals surface area contributed by atoms with Crippen LogP contribution in [0.1, 0.15) is 25.7 Å². The second-order valence-electron chi connectivity index (χ2n) is 3.88. The Morgan fingerprint density at radius 1 is 1.00 bits per heavy atom. The van der Waals surface area contributed by atoms with Gasteiger partial charge in [0.25, 0.3) is 0 Å². The van der Waals surface area contributed by atoms with Gasteiger partial charge in [-0.3, -0.25) is 0 Å². The van der Waals surface area contributed by atoms with Gasteiger partial charge in [-0.05, 0) is 51.2 Å². The van der Waals surface area contributed by atoms with Crippen molar-refractivity contribution in [1.82, 2.24) is 10.6 Å². The molecule has 4 heteroatoms. The van der Waals surface area contributed by atoms with E-state index in [4.69, 9.17) is 0 Å². The smallest absolute Gasteiger partial charge is 0.00913 e. The molecule has 13 heavy (non-hydrogen) atoms. The molecule has 2 fully saturated rings. The number of nitrogens with one attached hydrogen (secondary N) is 2. The fourth-order valence-corrected chi connectivity index (χ4v) is 1.68. The van der Waals surface area contributed by atoms with Gasteiger partial charge in [-0.25, -0.2) is 0 Å². The van der Waals surface area contributed by atoms with Crippen LogP contribution in [0.4, 0.5) is 0 Å². The van der Waals surface area contributed by atoms with Crippen LogP contribution in [0.2, 0.25) is 0 Å². The minimum absolute atomic E-state index is 0. The fraction of sp³-hybridized carbons (Fsp3) is 1.00. The molecule has 0 bridgehead atoms. The molecule has 0 aromatic carbocycles. The van der Waals surface area contributed by atoms with Gasteiger partial charge in [0.2, 0.25) is 0 Å². The molecule has 80 valence electrons. The van der Waals surface area contributed by atoms with Gasteiger partial charge in [-0.2, -0.15) is 0 Å². The maximum atomic E-state index is 3.64. The van der Waals surface area contributed by atoms with Crippen LogP contribution in [0.15, 0.2) is 0 Å². The molecule has 0 aromatic heterocycles. The van der Waals surface area contributed by atoms with Gasteiger partial charge in [-0.1, -0.05) is 0 Å². The third kappa shape index (κ3) is 5.06. The number of rotatable bonds is 3. The molecular weight excluding hydrogens is 207 g/mol. The van der Waals surface area contributed by atoms with E-state index < -0.39 is 0 Å². The van der Waals surface area contributed by atoms with Crippen molar-refractivity contribution in [2.75, 3.05) is 19.6 Å². The monoisotopic (exact) mass is 226 g/mol. The Morgan fingerprint density at radius 2 is 1.62 bits per heavy atom. The Morgan fingerprint density at radius 3 is 2.15 bits per heavy atom. The molecule has 0 atom stereocenters. The maximum Gasteiger partial charge on any atom is 0.00913 e. The lowest BCUT2D eigenvalue weighted by atomic mass is 10.1. The summed E-state index contributed by atoms with van der Waals surface area (Å²) in [6.07, 6.45) is 5.59. The zero-order valence-corrected chi connectivity index (χ0v) is 9.55. The van der Waals surface area contributed by atoms with Crippen molar-refractivity contribution in [3.63, 3.8) is 0 Å². The molecule has 2 nitrogen and oxygen atoms in total. The first-order valence-electron chi connectivity index (χ1n) is 4.89. The second-order valence-corrected chi connectivity index (χ2v) is 3.88. The predicted octanol–water partition coefficient (Wildman–Crippen LogP) is 1.58. The summed E-state index contributed by atoms with van der Waals surface area (Å²) in [4.78, 5) is 0. The highest BCUT2D eigenvalue weighted by atomic mass is 35.5. The Hall–Kier alpha value is 0.500. The molecule has 2 aliphatic rings. The molecule has 1 aliphatic heterocycles. The number of hydrogen-bond donors (Lipinski definition) is 2. The number of piperidine rings is 1. The van der Waals surface area contributed by atoms with Gasteiger partial charge in [0.05, 0.1) is 0 Å². The summed E-state index contributed by atoms with van der Waals surface area (Å²) >= 11 is 0. The summed E-state index contributed by atoms with van der Waals surface area (Å²) in [6, 6.07) is 0.817. The molecule has 1 heterocycles. The Balaban J connectivity index is 0.000000720. The zero-order valence-electron chi connectivity index (χ0n) is 7.92. The van der Waals surface area contributed by atoms with Crippen LogP contribution in [0.3, 0.4) is 0 Å². The van der Waals surface area contributed by atoms with Crippen LogP contribution >= 0.6 is 24.8 Å². The van der Waals surface area contributed by atoms with Crippen molar-refractivity contribution in [3.8, 4) is 0 Å². The lowest BCUT2D eigenvalue weighted by Crippen LogP contribution is -2.40. The molecule has 0 amide bonds. The summed E-state index contributed by atoms with van der Waals surface area (Å²) in [5, 5.41) is 7.02. The fourth-order valence-electron chi connectivity index (χ4n) is 1.68. The van der Waals surface area contributed by atoms with Crippen LogP contribution in [0.5, 0.6) is 0 Å². The summed E-state index contributed by atoms with van der Waals surface area (Å²) in [5.41, 5.74) is 0. The van der Waals surface area contributed by atoms with E-state index in [2.05, 4.69) is 10.6 Å². The topological polar surface area (TPSA) is 24.1 Å². The highest BCUT2D eigenvalue weighted by Crippen LogP contribution is 2.27. The highest BCUT2D eigenvalue weighted by Gasteiger charge is 2.22. The van der Waals surface area contributed by atoms with E-state index in [9.17, 15) is 0 Å². The molecule has 0 aromatic rings. The van der Waals surface area contributed by atoms with Gasteiger partial charge >= 0.3 is 0 Å². The largest absolute Gasteiger partial charge is 0.317 e. The quantitative estimate of drug-likeness (QED) is 0.765. The Bertz CT molecular complexity index is 123. The van der Waals surface area contributed by atoms with Gasteiger partial charge in [0.1, 0.15) is 0 Å². The van der Waals surface area contributed by atoms with E-state index in [1.165, 1.54) is 45.3 Å². The van der Waals surface area contributed by atoms with E-state index in [1.807, 2.05) is 0 Å². The van der Waals surface area contributed by atoms with Crippen molar-refractivity contribution >= 4 is 24.8 Å². The molecular formula is C9H20Cl2N2. The highest BCUT2D eigenvalue weighted by molar-refractivity contribution is 5.85. The van der Waals surface area contributed by atoms with Crippen molar-refractivity contribution in [2.45, 2.75) is 31.7 Å². The van der Waals surface area contributed by atoms with Crippen LogP contribution in [-0.2, 0) is 0 Å². The third-order valence-electron chi connectivity index (χ3n) is 2.73. The first kappa shape index (κ1) is 13.5. The minimum Gasteiger partial charge on any atom is -0.317 e. The molecule has 2 N–H and O–H groups in total. The zero-order chi connectivity index (χ0) is 7.52. The molecule has 1 saturated carbocycles. The first-order valence-corrected chi connectivity index (χ1v) is 4.89. The SMILES string of the molecule is C1CC(NCC2CC2)CCN1.Cl.Cl. The average molecular weight is 227 g/mol. The minimum atomic E-state index is 0. The Labute approximate surface area is 93.1 Å². The van der Waals surface area contributed by atoms with E-state index in [-0.39, 0.29) is 24.8 Å². The maximum absolute atomic E-state index is 3.64. The van der Waals surface area contributed by atoms with E-state index in [0.717, 1.165) is 12.0 Å². The van der Waals surface area contributed by atoms with Gasteiger partial charge in [0, 0.05) is 6.04 Å². The van der Waals surface area contributed by atoms with Crippen LogP contribution in [0.25, 0.3) is 0 Å². The van der Waals surface area contributed by atoms with Crippen LogP contribution in [-0.4, -0.2) is 25.7 Å². The summed E-state index contributed by atoms with van der Waals surface area (Å²) in [6.45, 7) is 3.70. The molecule has 0 spiro atoms. The normalized spacial score (nSPS) is 23.1. The first-order chi connectivity index (χ1) is 5.45.